The summed E-state index contributed by atoms with van der Waals surface area (Å²) in [6.07, 6.45) is 0. The van der Waals surface area contributed by atoms with Crippen LogP contribution in [0.25, 0.3) is 0 Å². The average Bonchev–Trinajstić information content (AvgIpc) is 2.54. The van der Waals surface area contributed by atoms with E-state index in [0.717, 1.165) is 32.1 Å². The van der Waals surface area contributed by atoms with Crippen LogP contribution in [0.1, 0.15) is 27.7 Å². The zero-order valence-corrected chi connectivity index (χ0v) is 19.0. The Balaban J connectivity index is 0.00000625. The number of nitrogens with one attached hydrogen (secondary N) is 3. The van der Waals surface area contributed by atoms with Crippen LogP contribution >= 0.6 is 24.0 Å². The highest BCUT2D eigenvalue weighted by atomic mass is 127. The fraction of sp³-hybridized carbons (Fsp3) is 0.824. The van der Waals surface area contributed by atoms with Crippen LogP contribution < -0.4 is 16.0 Å². The minimum Gasteiger partial charge on any atom is -0.354 e. The van der Waals surface area contributed by atoms with Gasteiger partial charge < -0.3 is 20.9 Å². The Morgan fingerprint density at radius 2 is 1.58 bits per heavy atom. The molecule has 0 radical (unpaired) electrons. The van der Waals surface area contributed by atoms with Crippen molar-refractivity contribution in [2.24, 2.45) is 10.9 Å². The quantitative estimate of drug-likeness (QED) is 0.207. The normalized spacial score (nSPS) is 15.7. The Bertz CT molecular complexity index is 462. The first-order valence-electron chi connectivity index (χ1n) is 9.08. The second-order valence-electron chi connectivity index (χ2n) is 6.91. The lowest BCUT2D eigenvalue weighted by Crippen LogP contribution is -2.54. The monoisotopic (exact) mass is 482 g/mol. The fourth-order valence-electron chi connectivity index (χ4n) is 2.58. The van der Waals surface area contributed by atoms with E-state index in [1.165, 1.54) is 0 Å². The molecule has 0 aromatic rings. The average molecular weight is 482 g/mol. The molecule has 1 rings (SSSR count). The Kier molecular flexibility index (Phi) is 12.6. The molecule has 0 saturated carbocycles. The van der Waals surface area contributed by atoms with Gasteiger partial charge in [-0.3, -0.25) is 19.5 Å². The van der Waals surface area contributed by atoms with E-state index in [9.17, 15) is 9.59 Å². The Morgan fingerprint density at radius 1 is 1.00 bits per heavy atom. The van der Waals surface area contributed by atoms with Crippen LogP contribution in [0.3, 0.4) is 0 Å². The Hall–Kier alpha value is -1.10. The van der Waals surface area contributed by atoms with Gasteiger partial charge in [0.25, 0.3) is 0 Å². The van der Waals surface area contributed by atoms with Gasteiger partial charge in [-0.15, -0.1) is 24.0 Å². The molecule has 2 amide bonds. The predicted molar refractivity (Wildman–Crippen MR) is 116 cm³/mol. The second kappa shape index (κ2) is 13.1. The minimum absolute atomic E-state index is 0. The molecule has 0 aromatic heterocycles. The van der Waals surface area contributed by atoms with Gasteiger partial charge in [0.1, 0.15) is 0 Å². The van der Waals surface area contributed by atoms with Crippen molar-refractivity contribution in [2.45, 2.75) is 33.7 Å². The summed E-state index contributed by atoms with van der Waals surface area (Å²) < 4.78 is 0. The lowest BCUT2D eigenvalue weighted by atomic mass is 10.2. The first-order chi connectivity index (χ1) is 11.8. The van der Waals surface area contributed by atoms with Crippen molar-refractivity contribution < 1.29 is 9.59 Å². The van der Waals surface area contributed by atoms with Crippen LogP contribution in [-0.2, 0) is 9.59 Å². The third-order valence-electron chi connectivity index (χ3n) is 3.93. The van der Waals surface area contributed by atoms with E-state index in [-0.39, 0.29) is 47.8 Å². The van der Waals surface area contributed by atoms with Gasteiger partial charge in [-0.05, 0) is 13.8 Å². The summed E-state index contributed by atoms with van der Waals surface area (Å²) in [5, 5.41) is 9.08. The second-order valence-corrected chi connectivity index (χ2v) is 6.91. The molecule has 0 unspecified atom stereocenters. The van der Waals surface area contributed by atoms with E-state index in [2.05, 4.69) is 30.7 Å². The maximum absolute atomic E-state index is 11.8. The van der Waals surface area contributed by atoms with Gasteiger partial charge in [-0.25, -0.2) is 0 Å². The minimum atomic E-state index is 0. The SMILES string of the molecule is CN=C(NCCNC(=O)C(C)C)N1CCN(CC(=O)NC(C)C)CC1.I. The number of aliphatic imine (C=N–C) groups is 1. The van der Waals surface area contributed by atoms with E-state index >= 15 is 0 Å². The standard InChI is InChI=1S/C17H34N6O2.HI/c1-13(2)16(25)19-6-7-20-17(18-5)23-10-8-22(9-11-23)12-15(24)21-14(3)4;/h13-14H,6-12H2,1-5H3,(H,18,20)(H,19,25)(H,21,24);1H. The number of guanidine groups is 1. The molecule has 26 heavy (non-hydrogen) atoms. The first kappa shape index (κ1) is 24.9. The summed E-state index contributed by atoms with van der Waals surface area (Å²) in [5.41, 5.74) is 0. The number of halogens is 1. The number of hydrogen-bond donors (Lipinski definition) is 3. The molecule has 0 spiro atoms. The molecule has 0 bridgehead atoms. The molecular weight excluding hydrogens is 447 g/mol. The zero-order chi connectivity index (χ0) is 18.8. The van der Waals surface area contributed by atoms with Crippen molar-refractivity contribution in [3.05, 3.63) is 0 Å². The van der Waals surface area contributed by atoms with Crippen molar-refractivity contribution in [3.8, 4) is 0 Å². The molecular formula is C17H35IN6O2. The summed E-state index contributed by atoms with van der Waals surface area (Å²) in [5.74, 6) is 0.974. The number of nitrogens with zero attached hydrogens (tertiary/aromatic N) is 3. The Labute approximate surface area is 174 Å². The molecule has 152 valence electrons. The topological polar surface area (TPSA) is 89.1 Å². The molecule has 1 fully saturated rings. The molecule has 1 heterocycles. The van der Waals surface area contributed by atoms with Gasteiger partial charge in [0.05, 0.1) is 6.54 Å². The molecule has 0 aromatic carbocycles. The number of piperazine rings is 1. The maximum atomic E-state index is 11.8. The van der Waals surface area contributed by atoms with E-state index in [0.29, 0.717) is 19.6 Å². The molecule has 1 aliphatic heterocycles. The van der Waals surface area contributed by atoms with Crippen LogP contribution in [0.2, 0.25) is 0 Å². The van der Waals surface area contributed by atoms with E-state index in [1.54, 1.807) is 7.05 Å². The van der Waals surface area contributed by atoms with Gasteiger partial charge in [-0.2, -0.15) is 0 Å². The van der Waals surface area contributed by atoms with E-state index in [4.69, 9.17) is 0 Å². The van der Waals surface area contributed by atoms with Crippen LogP contribution in [0, 0.1) is 5.92 Å². The lowest BCUT2D eigenvalue weighted by Gasteiger charge is -2.36. The fourth-order valence-corrected chi connectivity index (χ4v) is 2.58. The highest BCUT2D eigenvalue weighted by Gasteiger charge is 2.21. The molecule has 1 saturated heterocycles. The van der Waals surface area contributed by atoms with Crippen LogP contribution in [0.5, 0.6) is 0 Å². The third kappa shape index (κ3) is 9.56. The molecule has 8 nitrogen and oxygen atoms in total. The van der Waals surface area contributed by atoms with E-state index < -0.39 is 0 Å². The van der Waals surface area contributed by atoms with Gasteiger partial charge >= 0.3 is 0 Å². The Morgan fingerprint density at radius 3 is 2.08 bits per heavy atom. The third-order valence-corrected chi connectivity index (χ3v) is 3.93. The number of amides is 2. The summed E-state index contributed by atoms with van der Waals surface area (Å²) >= 11 is 0. The van der Waals surface area contributed by atoms with Crippen molar-refractivity contribution in [3.63, 3.8) is 0 Å². The summed E-state index contributed by atoms with van der Waals surface area (Å²) in [6, 6.07) is 0.174. The largest absolute Gasteiger partial charge is 0.354 e. The first-order valence-corrected chi connectivity index (χ1v) is 9.08. The molecule has 0 aliphatic carbocycles. The smallest absolute Gasteiger partial charge is 0.234 e. The molecule has 3 N–H and O–H groups in total. The number of carbonyl (C=O) groups excluding carboxylic acids is 2. The highest BCUT2D eigenvalue weighted by Crippen LogP contribution is 2.02. The molecule has 1 aliphatic rings. The number of rotatable bonds is 7. The van der Waals surface area contributed by atoms with Crippen LogP contribution in [-0.4, -0.2) is 86.5 Å². The number of carbonyl (C=O) groups is 2. The van der Waals surface area contributed by atoms with Crippen LogP contribution in [0.15, 0.2) is 4.99 Å². The summed E-state index contributed by atoms with van der Waals surface area (Å²) in [4.78, 5) is 32.0. The van der Waals surface area contributed by atoms with Gasteiger partial charge in [0.15, 0.2) is 5.96 Å². The van der Waals surface area contributed by atoms with Crippen molar-refractivity contribution in [1.82, 2.24) is 25.8 Å². The van der Waals surface area contributed by atoms with Gasteiger partial charge in [-0.1, -0.05) is 13.8 Å². The predicted octanol–water partition coefficient (Wildman–Crippen LogP) is 0.0942. The van der Waals surface area contributed by atoms with Gasteiger partial charge in [0, 0.05) is 58.3 Å². The van der Waals surface area contributed by atoms with Crippen LogP contribution in [0.4, 0.5) is 0 Å². The highest BCUT2D eigenvalue weighted by molar-refractivity contribution is 14.0. The molecule has 0 atom stereocenters. The number of hydrogen-bond acceptors (Lipinski definition) is 4. The van der Waals surface area contributed by atoms with Gasteiger partial charge in [0.2, 0.25) is 11.8 Å². The van der Waals surface area contributed by atoms with Crippen molar-refractivity contribution in [1.29, 1.82) is 0 Å². The molecule has 9 heteroatoms. The van der Waals surface area contributed by atoms with E-state index in [1.807, 2.05) is 27.7 Å². The summed E-state index contributed by atoms with van der Waals surface area (Å²) in [6.45, 7) is 12.7. The van der Waals surface area contributed by atoms with Crippen molar-refractivity contribution >= 4 is 41.8 Å². The van der Waals surface area contributed by atoms with Crippen molar-refractivity contribution in [2.75, 3.05) is 52.9 Å². The summed E-state index contributed by atoms with van der Waals surface area (Å²) in [7, 11) is 1.76. The maximum Gasteiger partial charge on any atom is 0.234 e. The lowest BCUT2D eigenvalue weighted by molar-refractivity contribution is -0.124. The zero-order valence-electron chi connectivity index (χ0n) is 16.7.